The summed E-state index contributed by atoms with van der Waals surface area (Å²) in [7, 11) is 0. The van der Waals surface area contributed by atoms with E-state index >= 15 is 0 Å². The maximum atomic E-state index is 12.3. The van der Waals surface area contributed by atoms with E-state index in [0.29, 0.717) is 23.8 Å². The van der Waals surface area contributed by atoms with Crippen molar-refractivity contribution in [3.63, 3.8) is 0 Å². The number of rotatable bonds is 5. The Morgan fingerprint density at radius 3 is 2.67 bits per heavy atom. The fourth-order valence-electron chi connectivity index (χ4n) is 1.49. The first kappa shape index (κ1) is 15.2. The molecule has 0 aliphatic carbocycles. The maximum Gasteiger partial charge on any atom is 0.417 e. The molecular weight excluding hydrogens is 307 g/mol. The molecule has 2 N–H and O–H groups in total. The van der Waals surface area contributed by atoms with E-state index in [-0.39, 0.29) is 5.69 Å². The molecule has 0 aromatic carbocycles. The van der Waals surface area contributed by atoms with Gasteiger partial charge in [0.05, 0.1) is 10.6 Å². The highest BCUT2D eigenvalue weighted by Gasteiger charge is 2.30. The fourth-order valence-corrected chi connectivity index (χ4v) is 2.26. The number of carbonyl (C=O) groups is 1. The van der Waals surface area contributed by atoms with Crippen LogP contribution in [0.2, 0.25) is 0 Å². The van der Waals surface area contributed by atoms with E-state index in [0.717, 1.165) is 12.3 Å². The average Bonchev–Trinajstić information content (AvgIpc) is 2.87. The van der Waals surface area contributed by atoms with Crippen LogP contribution in [0.15, 0.2) is 23.7 Å². The van der Waals surface area contributed by atoms with E-state index in [2.05, 4.69) is 15.3 Å². The third-order valence-corrected chi connectivity index (χ3v) is 3.42. The molecule has 0 spiro atoms. The van der Waals surface area contributed by atoms with Crippen molar-refractivity contribution < 1.29 is 23.1 Å². The largest absolute Gasteiger partial charge is 0.476 e. The quantitative estimate of drug-likeness (QED) is 0.887. The van der Waals surface area contributed by atoms with Crippen molar-refractivity contribution in [2.75, 3.05) is 11.9 Å². The van der Waals surface area contributed by atoms with Gasteiger partial charge in [-0.3, -0.25) is 0 Å². The van der Waals surface area contributed by atoms with Crippen molar-refractivity contribution in [1.82, 2.24) is 9.97 Å². The van der Waals surface area contributed by atoms with Crippen LogP contribution in [0.5, 0.6) is 0 Å². The first-order valence-electron chi connectivity index (χ1n) is 5.81. The van der Waals surface area contributed by atoms with E-state index in [1.54, 1.807) is 0 Å². The molecule has 0 atom stereocenters. The molecule has 0 amide bonds. The van der Waals surface area contributed by atoms with Gasteiger partial charge in [-0.05, 0) is 12.1 Å². The molecule has 0 unspecified atom stereocenters. The van der Waals surface area contributed by atoms with Gasteiger partial charge in [-0.15, -0.1) is 11.3 Å². The molecule has 0 bridgehead atoms. The molecule has 0 saturated carbocycles. The molecule has 0 aliphatic rings. The number of carboxylic acids is 1. The summed E-state index contributed by atoms with van der Waals surface area (Å²) in [6.45, 7) is 0.394. The third-order valence-electron chi connectivity index (χ3n) is 2.51. The molecule has 2 rings (SSSR count). The molecule has 2 heterocycles. The average molecular weight is 317 g/mol. The predicted octanol–water partition coefficient (Wildman–Crippen LogP) is 2.91. The van der Waals surface area contributed by atoms with Gasteiger partial charge in [0.1, 0.15) is 5.82 Å². The molecule has 0 fully saturated rings. The zero-order valence-corrected chi connectivity index (χ0v) is 11.3. The van der Waals surface area contributed by atoms with Crippen LogP contribution >= 0.6 is 11.3 Å². The Morgan fingerprint density at radius 1 is 1.38 bits per heavy atom. The number of hydrogen-bond acceptors (Lipinski definition) is 5. The fraction of sp³-hybridized carbons (Fsp3) is 0.250. The van der Waals surface area contributed by atoms with Crippen LogP contribution in [0.4, 0.5) is 19.0 Å². The number of hydrogen-bond donors (Lipinski definition) is 2. The maximum absolute atomic E-state index is 12.3. The Labute approximate surface area is 121 Å². The van der Waals surface area contributed by atoms with Crippen LogP contribution in [0, 0.1) is 0 Å². The minimum atomic E-state index is -4.40. The van der Waals surface area contributed by atoms with Crippen LogP contribution in [0.3, 0.4) is 0 Å². The van der Waals surface area contributed by atoms with Crippen LogP contribution < -0.4 is 5.32 Å². The lowest BCUT2D eigenvalue weighted by atomic mass is 10.3. The smallest absolute Gasteiger partial charge is 0.417 e. The summed E-state index contributed by atoms with van der Waals surface area (Å²) in [4.78, 5) is 18.2. The normalized spacial score (nSPS) is 11.4. The van der Waals surface area contributed by atoms with Crippen LogP contribution in [0.1, 0.15) is 21.1 Å². The molecule has 112 valence electrons. The number of carboxylic acid groups (broad SMARTS) is 1. The zero-order valence-electron chi connectivity index (χ0n) is 10.5. The highest BCUT2D eigenvalue weighted by Crippen LogP contribution is 2.28. The number of anilines is 1. The number of nitrogens with one attached hydrogen (secondary N) is 1. The Bertz CT molecular complexity index is 625. The Balaban J connectivity index is 1.87. The van der Waals surface area contributed by atoms with Gasteiger partial charge < -0.3 is 10.4 Å². The number of thiazole rings is 1. The van der Waals surface area contributed by atoms with Crippen molar-refractivity contribution >= 4 is 23.1 Å². The molecular formula is C12H10F3N3O2S. The second-order valence-electron chi connectivity index (χ2n) is 4.04. The monoisotopic (exact) mass is 317 g/mol. The summed E-state index contributed by atoms with van der Waals surface area (Å²) in [6.07, 6.45) is -3.19. The standard InChI is InChI=1S/C12H10F3N3O2S/c13-12(14,15)7-1-2-9(17-5-7)16-4-3-10-18-8(6-21-10)11(19)20/h1-2,5-6H,3-4H2,(H,16,17)(H,19,20). The van der Waals surface area contributed by atoms with Gasteiger partial charge in [-0.2, -0.15) is 13.2 Å². The summed E-state index contributed by atoms with van der Waals surface area (Å²) in [5.74, 6) is -0.770. The summed E-state index contributed by atoms with van der Waals surface area (Å²) < 4.78 is 37.0. The van der Waals surface area contributed by atoms with Crippen molar-refractivity contribution in [2.24, 2.45) is 0 Å². The van der Waals surface area contributed by atoms with E-state index in [4.69, 9.17) is 5.11 Å². The molecule has 0 saturated heterocycles. The van der Waals surface area contributed by atoms with E-state index < -0.39 is 17.7 Å². The molecule has 0 aliphatic heterocycles. The molecule has 5 nitrogen and oxygen atoms in total. The second-order valence-corrected chi connectivity index (χ2v) is 4.98. The van der Waals surface area contributed by atoms with Crippen molar-refractivity contribution in [1.29, 1.82) is 0 Å². The van der Waals surface area contributed by atoms with Gasteiger partial charge in [0, 0.05) is 24.5 Å². The van der Waals surface area contributed by atoms with Crippen LogP contribution in [0.25, 0.3) is 0 Å². The van der Waals surface area contributed by atoms with Gasteiger partial charge in [-0.1, -0.05) is 0 Å². The lowest BCUT2D eigenvalue weighted by Crippen LogP contribution is -2.09. The Kier molecular flexibility index (Phi) is 4.41. The van der Waals surface area contributed by atoms with Gasteiger partial charge >= 0.3 is 12.1 Å². The lowest BCUT2D eigenvalue weighted by Gasteiger charge is -2.08. The molecule has 2 aromatic rings. The first-order chi connectivity index (χ1) is 9.86. The molecule has 9 heteroatoms. The minimum absolute atomic E-state index is 0.0114. The van der Waals surface area contributed by atoms with Crippen LogP contribution in [-0.4, -0.2) is 27.6 Å². The number of halogens is 3. The van der Waals surface area contributed by atoms with Gasteiger partial charge in [-0.25, -0.2) is 14.8 Å². The second kappa shape index (κ2) is 6.08. The van der Waals surface area contributed by atoms with Crippen molar-refractivity contribution in [3.8, 4) is 0 Å². The summed E-state index contributed by atoms with van der Waals surface area (Å²) in [5, 5.41) is 13.6. The number of nitrogens with zero attached hydrogens (tertiary/aromatic N) is 2. The van der Waals surface area contributed by atoms with E-state index in [1.807, 2.05) is 0 Å². The summed E-state index contributed by atoms with van der Waals surface area (Å²) in [6, 6.07) is 2.19. The van der Waals surface area contributed by atoms with Gasteiger partial charge in [0.25, 0.3) is 0 Å². The molecule has 2 aromatic heterocycles. The topological polar surface area (TPSA) is 75.1 Å². The van der Waals surface area contributed by atoms with E-state index in [1.165, 1.54) is 22.8 Å². The minimum Gasteiger partial charge on any atom is -0.476 e. The number of pyridine rings is 1. The predicted molar refractivity (Wildman–Crippen MR) is 70.5 cm³/mol. The zero-order chi connectivity index (χ0) is 15.5. The summed E-state index contributed by atoms with van der Waals surface area (Å²) >= 11 is 1.22. The van der Waals surface area contributed by atoms with Gasteiger partial charge in [0.15, 0.2) is 5.69 Å². The van der Waals surface area contributed by atoms with Crippen molar-refractivity contribution in [3.05, 3.63) is 40.0 Å². The number of alkyl halides is 3. The molecule has 0 radical (unpaired) electrons. The van der Waals surface area contributed by atoms with Crippen LogP contribution in [-0.2, 0) is 12.6 Å². The van der Waals surface area contributed by atoms with E-state index in [9.17, 15) is 18.0 Å². The Morgan fingerprint density at radius 2 is 2.14 bits per heavy atom. The summed E-state index contributed by atoms with van der Waals surface area (Å²) in [5.41, 5.74) is -0.818. The first-order valence-corrected chi connectivity index (χ1v) is 6.69. The number of aromatic nitrogens is 2. The van der Waals surface area contributed by atoms with Crippen molar-refractivity contribution in [2.45, 2.75) is 12.6 Å². The molecule has 21 heavy (non-hydrogen) atoms. The highest BCUT2D eigenvalue weighted by atomic mass is 32.1. The lowest BCUT2D eigenvalue weighted by molar-refractivity contribution is -0.137. The number of aromatic carboxylic acids is 1. The highest BCUT2D eigenvalue weighted by molar-refractivity contribution is 7.09. The van der Waals surface area contributed by atoms with Gasteiger partial charge in [0.2, 0.25) is 0 Å². The third kappa shape index (κ3) is 4.15. The SMILES string of the molecule is O=C(O)c1csc(CCNc2ccc(C(F)(F)F)cn2)n1. The Hall–Kier alpha value is -2.16.